The van der Waals surface area contributed by atoms with Crippen molar-refractivity contribution < 1.29 is 13.2 Å². The van der Waals surface area contributed by atoms with Crippen LogP contribution in [0.25, 0.3) is 0 Å². The van der Waals surface area contributed by atoms with E-state index in [1.165, 1.54) is 12.1 Å². The normalized spacial score (nSPS) is 11.4. The van der Waals surface area contributed by atoms with E-state index < -0.39 is 15.7 Å². The first-order chi connectivity index (χ1) is 9.86. The number of aryl methyl sites for hydroxylation is 1. The van der Waals surface area contributed by atoms with Crippen LogP contribution in [0.3, 0.4) is 0 Å². The number of rotatable bonds is 4. The molecule has 0 atom stereocenters. The molecule has 6 nitrogen and oxygen atoms in total. The minimum atomic E-state index is -3.46. The van der Waals surface area contributed by atoms with Crippen molar-refractivity contribution in [3.8, 4) is 0 Å². The third kappa shape index (κ3) is 2.97. The number of nitrogens with one attached hydrogen (secondary N) is 2. The van der Waals surface area contributed by atoms with Gasteiger partial charge in [-0.3, -0.25) is 9.89 Å². The predicted molar refractivity (Wildman–Crippen MR) is 80.2 cm³/mol. The lowest BCUT2D eigenvalue weighted by molar-refractivity contribution is 0.102. The Morgan fingerprint density at radius 2 is 1.95 bits per heavy atom. The molecule has 0 saturated heterocycles. The van der Waals surface area contributed by atoms with Gasteiger partial charge in [0, 0.05) is 11.3 Å². The number of aromatic amines is 1. The Morgan fingerprint density at radius 3 is 2.52 bits per heavy atom. The Labute approximate surface area is 123 Å². The molecule has 0 radical (unpaired) electrons. The molecule has 0 aliphatic rings. The average Bonchev–Trinajstić information content (AvgIpc) is 2.79. The number of H-pyrrole nitrogens is 1. The third-order valence-corrected chi connectivity index (χ3v) is 5.12. The van der Waals surface area contributed by atoms with Gasteiger partial charge in [-0.2, -0.15) is 5.10 Å². The van der Waals surface area contributed by atoms with E-state index in [1.54, 1.807) is 19.1 Å². The molecule has 0 aliphatic carbocycles. The van der Waals surface area contributed by atoms with Crippen LogP contribution in [-0.2, 0) is 9.84 Å². The fourth-order valence-corrected chi connectivity index (χ4v) is 2.96. The summed E-state index contributed by atoms with van der Waals surface area (Å²) in [4.78, 5) is 12.4. The molecule has 2 rings (SSSR count). The van der Waals surface area contributed by atoms with Gasteiger partial charge in [0.05, 0.1) is 16.2 Å². The molecule has 21 heavy (non-hydrogen) atoms. The number of hydrogen-bond acceptors (Lipinski definition) is 4. The number of hydrogen-bond donors (Lipinski definition) is 2. The lowest BCUT2D eigenvalue weighted by Crippen LogP contribution is -2.17. The van der Waals surface area contributed by atoms with Gasteiger partial charge in [-0.05, 0) is 26.0 Å². The highest BCUT2D eigenvalue weighted by molar-refractivity contribution is 7.91. The molecule has 0 aliphatic heterocycles. The van der Waals surface area contributed by atoms with E-state index in [2.05, 4.69) is 15.5 Å². The predicted octanol–water partition coefficient (Wildman–Crippen LogP) is 2.07. The molecule has 0 bridgehead atoms. The van der Waals surface area contributed by atoms with Crippen molar-refractivity contribution in [3.05, 3.63) is 41.1 Å². The van der Waals surface area contributed by atoms with Gasteiger partial charge in [0.25, 0.3) is 5.91 Å². The summed E-state index contributed by atoms with van der Waals surface area (Å²) in [6, 6.07) is 6.17. The average molecular weight is 307 g/mol. The van der Waals surface area contributed by atoms with Crippen LogP contribution in [0.4, 0.5) is 5.82 Å². The highest BCUT2D eigenvalue weighted by Gasteiger charge is 2.21. The smallest absolute Gasteiger partial charge is 0.258 e. The Kier molecular flexibility index (Phi) is 4.13. The highest BCUT2D eigenvalue weighted by Crippen LogP contribution is 2.20. The first kappa shape index (κ1) is 15.2. The molecule has 2 aromatic rings. The van der Waals surface area contributed by atoms with Gasteiger partial charge in [0.15, 0.2) is 15.7 Å². The summed E-state index contributed by atoms with van der Waals surface area (Å²) in [5.41, 5.74) is 1.79. The molecule has 0 fully saturated rings. The van der Waals surface area contributed by atoms with Gasteiger partial charge >= 0.3 is 0 Å². The second-order valence-corrected chi connectivity index (χ2v) is 6.92. The fraction of sp³-hybridized carbons (Fsp3) is 0.286. The van der Waals surface area contributed by atoms with Crippen molar-refractivity contribution in [3.63, 3.8) is 0 Å². The molecule has 7 heteroatoms. The van der Waals surface area contributed by atoms with E-state index >= 15 is 0 Å². The van der Waals surface area contributed by atoms with Gasteiger partial charge < -0.3 is 5.32 Å². The third-order valence-electron chi connectivity index (χ3n) is 3.33. The SMILES string of the molecule is CCS(=O)(=O)c1ccccc1C(=O)Nc1n[nH]c(C)c1C. The van der Waals surface area contributed by atoms with Crippen LogP contribution in [0, 0.1) is 13.8 Å². The van der Waals surface area contributed by atoms with Gasteiger partial charge in [0.2, 0.25) is 0 Å². The molecule has 1 heterocycles. The van der Waals surface area contributed by atoms with Crippen LogP contribution in [0.1, 0.15) is 28.5 Å². The second-order valence-electron chi connectivity index (χ2n) is 4.68. The minimum absolute atomic E-state index is 0.0370. The zero-order chi connectivity index (χ0) is 15.6. The lowest BCUT2D eigenvalue weighted by atomic mass is 10.2. The van der Waals surface area contributed by atoms with Crippen molar-refractivity contribution in [2.24, 2.45) is 0 Å². The van der Waals surface area contributed by atoms with E-state index in [-0.39, 0.29) is 16.2 Å². The molecule has 112 valence electrons. The van der Waals surface area contributed by atoms with Crippen LogP contribution < -0.4 is 5.32 Å². The van der Waals surface area contributed by atoms with Crippen molar-refractivity contribution in [2.45, 2.75) is 25.7 Å². The standard InChI is InChI=1S/C14H17N3O3S/c1-4-21(19,20)12-8-6-5-7-11(12)14(18)15-13-9(2)10(3)16-17-13/h5-8H,4H2,1-3H3,(H2,15,16,17,18). The van der Waals surface area contributed by atoms with Gasteiger partial charge in [-0.1, -0.05) is 19.1 Å². The van der Waals surface area contributed by atoms with Crippen LogP contribution >= 0.6 is 0 Å². The van der Waals surface area contributed by atoms with E-state index in [1.807, 2.05) is 13.8 Å². The molecular formula is C14H17N3O3S. The van der Waals surface area contributed by atoms with E-state index in [0.29, 0.717) is 5.82 Å². The Bertz CT molecular complexity index is 779. The van der Waals surface area contributed by atoms with E-state index in [9.17, 15) is 13.2 Å². The quantitative estimate of drug-likeness (QED) is 0.904. The number of amides is 1. The fourth-order valence-electron chi connectivity index (χ4n) is 1.86. The van der Waals surface area contributed by atoms with Crippen LogP contribution in [0.2, 0.25) is 0 Å². The number of nitrogens with zero attached hydrogens (tertiary/aromatic N) is 1. The maximum Gasteiger partial charge on any atom is 0.258 e. The summed E-state index contributed by atoms with van der Waals surface area (Å²) in [6.07, 6.45) is 0. The van der Waals surface area contributed by atoms with Crippen molar-refractivity contribution >= 4 is 21.6 Å². The largest absolute Gasteiger partial charge is 0.305 e. The summed E-state index contributed by atoms with van der Waals surface area (Å²) in [6.45, 7) is 5.21. The maximum absolute atomic E-state index is 12.3. The molecule has 0 saturated carbocycles. The number of sulfone groups is 1. The number of aromatic nitrogens is 2. The molecule has 0 spiro atoms. The van der Waals surface area contributed by atoms with Gasteiger partial charge in [-0.25, -0.2) is 8.42 Å². The maximum atomic E-state index is 12.3. The Balaban J connectivity index is 2.39. The highest BCUT2D eigenvalue weighted by atomic mass is 32.2. The Morgan fingerprint density at radius 1 is 1.29 bits per heavy atom. The topological polar surface area (TPSA) is 91.9 Å². The number of benzene rings is 1. The number of carbonyl (C=O) groups excluding carboxylic acids is 1. The molecule has 1 aromatic heterocycles. The van der Waals surface area contributed by atoms with Crippen molar-refractivity contribution in [1.29, 1.82) is 0 Å². The monoisotopic (exact) mass is 307 g/mol. The molecule has 0 unspecified atom stereocenters. The van der Waals surface area contributed by atoms with Gasteiger partial charge in [-0.15, -0.1) is 0 Å². The number of carbonyl (C=O) groups is 1. The zero-order valence-electron chi connectivity index (χ0n) is 12.1. The summed E-state index contributed by atoms with van der Waals surface area (Å²) < 4.78 is 24.1. The lowest BCUT2D eigenvalue weighted by Gasteiger charge is -2.09. The van der Waals surface area contributed by atoms with Gasteiger partial charge in [0.1, 0.15) is 0 Å². The first-order valence-electron chi connectivity index (χ1n) is 6.51. The summed E-state index contributed by atoms with van der Waals surface area (Å²) in [5, 5.41) is 9.39. The summed E-state index contributed by atoms with van der Waals surface area (Å²) >= 11 is 0. The van der Waals surface area contributed by atoms with Crippen LogP contribution in [0.5, 0.6) is 0 Å². The summed E-state index contributed by atoms with van der Waals surface area (Å²) in [7, 11) is -3.46. The molecule has 1 aromatic carbocycles. The Hall–Kier alpha value is -2.15. The van der Waals surface area contributed by atoms with Crippen molar-refractivity contribution in [2.75, 3.05) is 11.1 Å². The summed E-state index contributed by atoms with van der Waals surface area (Å²) in [5.74, 6) is -0.142. The molecule has 2 N–H and O–H groups in total. The molecule has 1 amide bonds. The van der Waals surface area contributed by atoms with E-state index in [0.717, 1.165) is 11.3 Å². The minimum Gasteiger partial charge on any atom is -0.305 e. The zero-order valence-corrected chi connectivity index (χ0v) is 12.9. The first-order valence-corrected chi connectivity index (χ1v) is 8.16. The number of anilines is 1. The second kappa shape index (κ2) is 5.69. The van der Waals surface area contributed by atoms with Crippen LogP contribution in [-0.4, -0.2) is 30.3 Å². The van der Waals surface area contributed by atoms with Crippen molar-refractivity contribution in [1.82, 2.24) is 10.2 Å². The van der Waals surface area contributed by atoms with E-state index in [4.69, 9.17) is 0 Å². The van der Waals surface area contributed by atoms with Crippen LogP contribution in [0.15, 0.2) is 29.2 Å². The molecular weight excluding hydrogens is 290 g/mol.